The normalized spacial score (nSPS) is 17.7. The number of hydrogen-bond donors (Lipinski definition) is 1. The molecule has 25 heavy (non-hydrogen) atoms. The van der Waals surface area contributed by atoms with Crippen molar-refractivity contribution in [2.24, 2.45) is 0 Å². The summed E-state index contributed by atoms with van der Waals surface area (Å²) in [6, 6.07) is 3.41. The molecule has 6 nitrogen and oxygen atoms in total. The molecule has 0 bridgehead atoms. The highest BCUT2D eigenvalue weighted by molar-refractivity contribution is 6.33. The third kappa shape index (κ3) is 4.92. The van der Waals surface area contributed by atoms with Crippen LogP contribution in [0, 0.1) is 5.82 Å². The second kappa shape index (κ2) is 8.29. The van der Waals surface area contributed by atoms with E-state index in [-0.39, 0.29) is 35.0 Å². The van der Waals surface area contributed by atoms with Crippen molar-refractivity contribution in [1.29, 1.82) is 0 Å². The molecule has 1 aliphatic heterocycles. The smallest absolute Gasteiger partial charge is 0.323 e. The Bertz CT molecular complexity index is 683. The zero-order valence-corrected chi connectivity index (χ0v) is 14.6. The number of amides is 2. The van der Waals surface area contributed by atoms with E-state index in [1.807, 2.05) is 0 Å². The standard InChI is InChI=1S/C17H20ClFN2O4/c1-11(22)21(10-16(23)24)13-3-2-7-20(8-6-13)17(25)14-5-4-12(19)9-15(14)18/h4-5,9,13H,2-3,6-8,10H2,1H3,(H,23,24). The molecule has 1 heterocycles. The average Bonchev–Trinajstić information content (AvgIpc) is 2.77. The van der Waals surface area contributed by atoms with Gasteiger partial charge in [0.25, 0.3) is 5.91 Å². The predicted octanol–water partition coefficient (Wildman–Crippen LogP) is 2.41. The Balaban J connectivity index is 2.08. The van der Waals surface area contributed by atoms with Crippen LogP contribution < -0.4 is 0 Å². The predicted molar refractivity (Wildman–Crippen MR) is 90.0 cm³/mol. The van der Waals surface area contributed by atoms with Crippen molar-refractivity contribution in [2.45, 2.75) is 32.2 Å². The summed E-state index contributed by atoms with van der Waals surface area (Å²) in [7, 11) is 0. The van der Waals surface area contributed by atoms with Gasteiger partial charge in [0.15, 0.2) is 0 Å². The Kier molecular flexibility index (Phi) is 6.36. The van der Waals surface area contributed by atoms with Crippen LogP contribution in [0.5, 0.6) is 0 Å². The molecule has 0 spiro atoms. The van der Waals surface area contributed by atoms with E-state index in [0.29, 0.717) is 32.4 Å². The van der Waals surface area contributed by atoms with Gasteiger partial charge in [-0.1, -0.05) is 11.6 Å². The molecule has 2 rings (SSSR count). The lowest BCUT2D eigenvalue weighted by Crippen LogP contribution is -2.43. The van der Waals surface area contributed by atoms with E-state index in [1.54, 1.807) is 4.90 Å². The first kappa shape index (κ1) is 19.2. The number of halogens is 2. The molecule has 1 aromatic rings. The monoisotopic (exact) mass is 370 g/mol. The summed E-state index contributed by atoms with van der Waals surface area (Å²) in [5.74, 6) is -2.17. The lowest BCUT2D eigenvalue weighted by Gasteiger charge is -2.29. The fourth-order valence-electron chi connectivity index (χ4n) is 3.07. The van der Waals surface area contributed by atoms with Crippen molar-refractivity contribution in [3.05, 3.63) is 34.6 Å². The fraction of sp³-hybridized carbons (Fsp3) is 0.471. The van der Waals surface area contributed by atoms with E-state index in [0.717, 1.165) is 6.07 Å². The van der Waals surface area contributed by atoms with Crippen molar-refractivity contribution >= 4 is 29.4 Å². The summed E-state index contributed by atoms with van der Waals surface area (Å²) < 4.78 is 13.1. The molecule has 1 aliphatic rings. The summed E-state index contributed by atoms with van der Waals surface area (Å²) in [5, 5.41) is 9.03. The number of nitrogens with zero attached hydrogens (tertiary/aromatic N) is 2. The van der Waals surface area contributed by atoms with Gasteiger partial charge in [-0.2, -0.15) is 0 Å². The van der Waals surface area contributed by atoms with Crippen molar-refractivity contribution < 1.29 is 23.9 Å². The maximum absolute atomic E-state index is 13.1. The highest BCUT2D eigenvalue weighted by Gasteiger charge is 2.28. The molecule has 136 valence electrons. The van der Waals surface area contributed by atoms with Gasteiger partial charge in [0.05, 0.1) is 10.6 Å². The summed E-state index contributed by atoms with van der Waals surface area (Å²) in [5.41, 5.74) is 0.232. The van der Waals surface area contributed by atoms with Crippen LogP contribution in [0.3, 0.4) is 0 Å². The maximum Gasteiger partial charge on any atom is 0.323 e. The van der Waals surface area contributed by atoms with Crippen molar-refractivity contribution in [1.82, 2.24) is 9.80 Å². The molecule has 1 atom stereocenters. The SMILES string of the molecule is CC(=O)N(CC(=O)O)C1CCCN(C(=O)c2ccc(F)cc2Cl)CC1. The minimum absolute atomic E-state index is 0.0574. The van der Waals surface area contributed by atoms with Crippen molar-refractivity contribution in [3.8, 4) is 0 Å². The van der Waals surface area contributed by atoms with Crippen LogP contribution in [0.2, 0.25) is 5.02 Å². The highest BCUT2D eigenvalue weighted by Crippen LogP contribution is 2.22. The van der Waals surface area contributed by atoms with Crippen LogP contribution in [0.4, 0.5) is 4.39 Å². The second-order valence-electron chi connectivity index (χ2n) is 6.04. The lowest BCUT2D eigenvalue weighted by atomic mass is 10.1. The second-order valence-corrected chi connectivity index (χ2v) is 6.45. The van der Waals surface area contributed by atoms with Gasteiger partial charge in [-0.15, -0.1) is 0 Å². The number of benzene rings is 1. The van der Waals surface area contributed by atoms with Gasteiger partial charge in [-0.05, 0) is 37.5 Å². The Hall–Kier alpha value is -2.15. The molecule has 1 saturated heterocycles. The Morgan fingerprint density at radius 3 is 2.64 bits per heavy atom. The van der Waals surface area contributed by atoms with Gasteiger partial charge >= 0.3 is 5.97 Å². The van der Waals surface area contributed by atoms with Gasteiger partial charge in [-0.3, -0.25) is 14.4 Å². The molecule has 1 unspecified atom stereocenters. The molecule has 0 radical (unpaired) electrons. The molecule has 1 N–H and O–H groups in total. The number of likely N-dealkylation sites (tertiary alicyclic amines) is 1. The first-order valence-corrected chi connectivity index (χ1v) is 8.40. The van der Waals surface area contributed by atoms with E-state index in [1.165, 1.54) is 24.0 Å². The number of rotatable bonds is 4. The van der Waals surface area contributed by atoms with Gasteiger partial charge in [0.2, 0.25) is 5.91 Å². The molecule has 2 amide bonds. The van der Waals surface area contributed by atoms with Crippen LogP contribution in [0.1, 0.15) is 36.5 Å². The van der Waals surface area contributed by atoms with Crippen LogP contribution in [-0.2, 0) is 9.59 Å². The number of carboxylic acids is 1. The number of carbonyl (C=O) groups is 3. The summed E-state index contributed by atoms with van der Waals surface area (Å²) in [6.07, 6.45) is 1.74. The van der Waals surface area contributed by atoms with Crippen molar-refractivity contribution in [2.75, 3.05) is 19.6 Å². The molecular formula is C17H20ClFN2O4. The minimum atomic E-state index is -1.06. The van der Waals surface area contributed by atoms with E-state index >= 15 is 0 Å². The van der Waals surface area contributed by atoms with Crippen LogP contribution >= 0.6 is 11.6 Å². The van der Waals surface area contributed by atoms with Gasteiger partial charge in [0, 0.05) is 26.1 Å². The Morgan fingerprint density at radius 1 is 1.32 bits per heavy atom. The zero-order valence-electron chi connectivity index (χ0n) is 13.9. The average molecular weight is 371 g/mol. The maximum atomic E-state index is 13.1. The van der Waals surface area contributed by atoms with E-state index < -0.39 is 11.8 Å². The molecule has 0 aliphatic carbocycles. The number of carbonyl (C=O) groups excluding carboxylic acids is 2. The van der Waals surface area contributed by atoms with Crippen LogP contribution in [0.15, 0.2) is 18.2 Å². The number of carboxylic acid groups (broad SMARTS) is 1. The van der Waals surface area contributed by atoms with Crippen molar-refractivity contribution in [3.63, 3.8) is 0 Å². The Labute approximate surface area is 150 Å². The molecule has 0 aromatic heterocycles. The van der Waals surface area contributed by atoms with Gasteiger partial charge in [-0.25, -0.2) is 4.39 Å². The Morgan fingerprint density at radius 2 is 2.04 bits per heavy atom. The summed E-state index contributed by atoms with van der Waals surface area (Å²) in [6.45, 7) is 1.84. The van der Waals surface area contributed by atoms with E-state index in [4.69, 9.17) is 16.7 Å². The third-order valence-electron chi connectivity index (χ3n) is 4.30. The minimum Gasteiger partial charge on any atom is -0.480 e. The molecule has 8 heteroatoms. The van der Waals surface area contributed by atoms with E-state index in [9.17, 15) is 18.8 Å². The number of aliphatic carboxylic acids is 1. The topological polar surface area (TPSA) is 77.9 Å². The van der Waals surface area contributed by atoms with Gasteiger partial charge in [0.1, 0.15) is 12.4 Å². The quantitative estimate of drug-likeness (QED) is 0.882. The van der Waals surface area contributed by atoms with Crippen LogP contribution in [-0.4, -0.2) is 58.4 Å². The van der Waals surface area contributed by atoms with Crippen LogP contribution in [0.25, 0.3) is 0 Å². The first-order valence-electron chi connectivity index (χ1n) is 8.03. The molecule has 1 fully saturated rings. The first-order chi connectivity index (χ1) is 11.8. The largest absolute Gasteiger partial charge is 0.480 e. The molecule has 1 aromatic carbocycles. The molecule has 0 saturated carbocycles. The number of hydrogen-bond acceptors (Lipinski definition) is 3. The van der Waals surface area contributed by atoms with E-state index in [2.05, 4.69) is 0 Å². The summed E-state index contributed by atoms with van der Waals surface area (Å²) in [4.78, 5) is 38.3. The zero-order chi connectivity index (χ0) is 18.6. The fourth-order valence-corrected chi connectivity index (χ4v) is 3.32. The highest BCUT2D eigenvalue weighted by atomic mass is 35.5. The summed E-state index contributed by atoms with van der Waals surface area (Å²) >= 11 is 5.96. The third-order valence-corrected chi connectivity index (χ3v) is 4.61. The lowest BCUT2D eigenvalue weighted by molar-refractivity contribution is -0.145. The molecular weight excluding hydrogens is 351 g/mol. The van der Waals surface area contributed by atoms with Gasteiger partial charge < -0.3 is 14.9 Å².